The molecule has 94 valence electrons. The van der Waals surface area contributed by atoms with Crippen LogP contribution in [0, 0.1) is 11.3 Å². The molecule has 0 amide bonds. The first kappa shape index (κ1) is 12.9. The highest BCUT2D eigenvalue weighted by Crippen LogP contribution is 2.27. The highest BCUT2D eigenvalue weighted by atomic mass is 35.5. The van der Waals surface area contributed by atoms with Crippen LogP contribution in [0.2, 0.25) is 5.02 Å². The van der Waals surface area contributed by atoms with Gasteiger partial charge in [-0.1, -0.05) is 36.7 Å². The first-order valence-corrected chi connectivity index (χ1v) is 6.49. The summed E-state index contributed by atoms with van der Waals surface area (Å²) in [6.07, 6.45) is 1.46. The molecule has 1 aromatic heterocycles. The van der Waals surface area contributed by atoms with Crippen LogP contribution < -0.4 is 5.32 Å². The third kappa shape index (κ3) is 2.66. The summed E-state index contributed by atoms with van der Waals surface area (Å²) in [5.41, 5.74) is 2.03. The van der Waals surface area contributed by atoms with E-state index in [1.165, 1.54) is 0 Å². The van der Waals surface area contributed by atoms with Crippen molar-refractivity contribution < 1.29 is 0 Å². The van der Waals surface area contributed by atoms with Crippen LogP contribution in [0.15, 0.2) is 24.3 Å². The molecule has 3 nitrogen and oxygen atoms in total. The number of nitrogens with one attached hydrogen (secondary N) is 2. The second-order valence-electron chi connectivity index (χ2n) is 4.31. The quantitative estimate of drug-likeness (QED) is 0.864. The molecule has 0 fully saturated rings. The third-order valence-corrected chi connectivity index (χ3v) is 3.54. The number of nitriles is 1. The molecule has 1 heterocycles. The van der Waals surface area contributed by atoms with Gasteiger partial charge in [0.2, 0.25) is 0 Å². The lowest BCUT2D eigenvalue weighted by molar-refractivity contribution is 0.502. The van der Waals surface area contributed by atoms with Crippen LogP contribution in [-0.4, -0.2) is 11.0 Å². The van der Waals surface area contributed by atoms with E-state index in [4.69, 9.17) is 16.9 Å². The molecule has 0 aliphatic rings. The van der Waals surface area contributed by atoms with Crippen molar-refractivity contribution in [2.24, 2.45) is 0 Å². The molecule has 2 N–H and O–H groups in total. The third-order valence-electron chi connectivity index (χ3n) is 3.11. The van der Waals surface area contributed by atoms with Crippen LogP contribution in [0.1, 0.15) is 25.5 Å². The summed E-state index contributed by atoms with van der Waals surface area (Å²) in [4.78, 5) is 3.31. The van der Waals surface area contributed by atoms with Gasteiger partial charge in [0.15, 0.2) is 0 Å². The van der Waals surface area contributed by atoms with Crippen molar-refractivity contribution in [2.75, 3.05) is 0 Å². The van der Waals surface area contributed by atoms with Crippen molar-refractivity contribution in [2.45, 2.75) is 32.4 Å². The fourth-order valence-corrected chi connectivity index (χ4v) is 2.28. The number of hydrogen-bond acceptors (Lipinski definition) is 2. The number of aromatic nitrogens is 1. The van der Waals surface area contributed by atoms with Crippen LogP contribution in [0.4, 0.5) is 0 Å². The molecule has 1 aromatic carbocycles. The molecule has 0 aliphatic carbocycles. The van der Waals surface area contributed by atoms with E-state index < -0.39 is 0 Å². The Morgan fingerprint density at radius 1 is 1.44 bits per heavy atom. The number of fused-ring (bicyclic) bond motifs is 1. The number of H-pyrrole nitrogens is 1. The number of rotatable bonds is 5. The standard InChI is InChI=1S/C14H16ClN3/c1-2-10(7-8-16)17-9-13-14(15)11-5-3-4-6-12(11)18-13/h3-6,10,17-18H,2,7,9H2,1H3. The normalized spacial score (nSPS) is 12.5. The summed E-state index contributed by atoms with van der Waals surface area (Å²) in [5.74, 6) is 0. The van der Waals surface area contributed by atoms with Gasteiger partial charge in [-0.2, -0.15) is 5.26 Å². The van der Waals surface area contributed by atoms with Gasteiger partial charge in [-0.3, -0.25) is 0 Å². The van der Waals surface area contributed by atoms with Gasteiger partial charge < -0.3 is 10.3 Å². The average Bonchev–Trinajstić information content (AvgIpc) is 2.72. The number of halogens is 1. The van der Waals surface area contributed by atoms with Gasteiger partial charge in [-0.15, -0.1) is 0 Å². The molecule has 18 heavy (non-hydrogen) atoms. The summed E-state index contributed by atoms with van der Waals surface area (Å²) in [6, 6.07) is 10.4. The zero-order valence-electron chi connectivity index (χ0n) is 10.3. The molecule has 0 radical (unpaired) electrons. The molecular weight excluding hydrogens is 246 g/mol. The van der Waals surface area contributed by atoms with E-state index in [9.17, 15) is 0 Å². The van der Waals surface area contributed by atoms with Crippen molar-refractivity contribution in [1.29, 1.82) is 5.26 Å². The number of hydrogen-bond donors (Lipinski definition) is 2. The number of aromatic amines is 1. The van der Waals surface area contributed by atoms with Crippen LogP contribution in [0.5, 0.6) is 0 Å². The lowest BCUT2D eigenvalue weighted by Gasteiger charge is -2.12. The summed E-state index contributed by atoms with van der Waals surface area (Å²) < 4.78 is 0. The number of benzene rings is 1. The molecule has 4 heteroatoms. The maximum Gasteiger partial charge on any atom is 0.0705 e. The maximum absolute atomic E-state index is 8.71. The predicted octanol–water partition coefficient (Wildman–Crippen LogP) is 3.60. The van der Waals surface area contributed by atoms with Crippen molar-refractivity contribution in [3.63, 3.8) is 0 Å². The van der Waals surface area contributed by atoms with E-state index >= 15 is 0 Å². The Balaban J connectivity index is 2.12. The summed E-state index contributed by atoms with van der Waals surface area (Å²) >= 11 is 6.32. The van der Waals surface area contributed by atoms with E-state index in [1.54, 1.807) is 0 Å². The first-order chi connectivity index (χ1) is 8.76. The van der Waals surface area contributed by atoms with Crippen molar-refractivity contribution >= 4 is 22.5 Å². The Labute approximate surface area is 112 Å². The highest BCUT2D eigenvalue weighted by Gasteiger charge is 2.10. The van der Waals surface area contributed by atoms with E-state index in [2.05, 4.69) is 23.3 Å². The van der Waals surface area contributed by atoms with E-state index in [0.717, 1.165) is 28.0 Å². The summed E-state index contributed by atoms with van der Waals surface area (Å²) in [5, 5.41) is 13.9. The molecule has 2 rings (SSSR count). The molecule has 1 unspecified atom stereocenters. The summed E-state index contributed by atoms with van der Waals surface area (Å²) in [6.45, 7) is 2.73. The van der Waals surface area contributed by atoms with Gasteiger partial charge in [0.05, 0.1) is 17.5 Å². The van der Waals surface area contributed by atoms with Crippen molar-refractivity contribution in [3.8, 4) is 6.07 Å². The second-order valence-corrected chi connectivity index (χ2v) is 4.69. The predicted molar refractivity (Wildman–Crippen MR) is 74.5 cm³/mol. The Morgan fingerprint density at radius 2 is 2.22 bits per heavy atom. The van der Waals surface area contributed by atoms with Gasteiger partial charge in [0.25, 0.3) is 0 Å². The van der Waals surface area contributed by atoms with E-state index in [1.807, 2.05) is 24.3 Å². The van der Waals surface area contributed by atoms with E-state index in [-0.39, 0.29) is 6.04 Å². The zero-order valence-corrected chi connectivity index (χ0v) is 11.1. The van der Waals surface area contributed by atoms with Crippen molar-refractivity contribution in [1.82, 2.24) is 10.3 Å². The van der Waals surface area contributed by atoms with Crippen LogP contribution in [-0.2, 0) is 6.54 Å². The highest BCUT2D eigenvalue weighted by molar-refractivity contribution is 6.36. The fraction of sp³-hybridized carbons (Fsp3) is 0.357. The molecule has 0 spiro atoms. The molecule has 0 bridgehead atoms. The number of nitrogens with zero attached hydrogens (tertiary/aromatic N) is 1. The van der Waals surface area contributed by atoms with Gasteiger partial charge >= 0.3 is 0 Å². The first-order valence-electron chi connectivity index (χ1n) is 6.11. The van der Waals surface area contributed by atoms with Crippen LogP contribution >= 0.6 is 11.6 Å². The van der Waals surface area contributed by atoms with Gasteiger partial charge in [-0.25, -0.2) is 0 Å². The Hall–Kier alpha value is -1.50. The monoisotopic (exact) mass is 261 g/mol. The lowest BCUT2D eigenvalue weighted by Crippen LogP contribution is -2.27. The second kappa shape index (κ2) is 5.90. The molecule has 2 aromatic rings. The molecule has 0 saturated heterocycles. The molecular formula is C14H16ClN3. The van der Waals surface area contributed by atoms with Gasteiger partial charge in [0.1, 0.15) is 0 Å². The Kier molecular flexibility index (Phi) is 4.24. The van der Waals surface area contributed by atoms with Crippen LogP contribution in [0.3, 0.4) is 0 Å². The zero-order chi connectivity index (χ0) is 13.0. The largest absolute Gasteiger partial charge is 0.356 e. The average molecular weight is 262 g/mol. The fourth-order valence-electron chi connectivity index (χ4n) is 2.00. The lowest BCUT2D eigenvalue weighted by atomic mass is 10.1. The Morgan fingerprint density at radius 3 is 2.89 bits per heavy atom. The number of para-hydroxylation sites is 1. The molecule has 1 atom stereocenters. The topological polar surface area (TPSA) is 51.6 Å². The maximum atomic E-state index is 8.71. The van der Waals surface area contributed by atoms with Gasteiger partial charge in [0, 0.05) is 29.2 Å². The SMILES string of the molecule is CCC(CC#N)NCc1[nH]c2ccccc2c1Cl. The van der Waals surface area contributed by atoms with Crippen molar-refractivity contribution in [3.05, 3.63) is 35.0 Å². The van der Waals surface area contributed by atoms with E-state index in [0.29, 0.717) is 13.0 Å². The molecule has 0 aliphatic heterocycles. The minimum atomic E-state index is 0.220. The van der Waals surface area contributed by atoms with Gasteiger partial charge in [-0.05, 0) is 12.5 Å². The molecule has 0 saturated carbocycles. The minimum Gasteiger partial charge on any atom is -0.356 e. The summed E-state index contributed by atoms with van der Waals surface area (Å²) in [7, 11) is 0. The van der Waals surface area contributed by atoms with Crippen LogP contribution in [0.25, 0.3) is 10.9 Å². The smallest absolute Gasteiger partial charge is 0.0705 e. The Bertz CT molecular complexity index is 568. The minimum absolute atomic E-state index is 0.220.